The molecule has 2 amide bonds. The molecule has 3 aliphatic carbocycles. The van der Waals surface area contributed by atoms with Gasteiger partial charge in [0.2, 0.25) is 11.8 Å². The van der Waals surface area contributed by atoms with Crippen LogP contribution in [0.1, 0.15) is 71.5 Å². The molecule has 2 heterocycles. The molecule has 3 fully saturated rings. The van der Waals surface area contributed by atoms with Crippen LogP contribution >= 0.6 is 11.6 Å². The summed E-state index contributed by atoms with van der Waals surface area (Å²) in [7, 11) is 1.97. The second-order valence-electron chi connectivity index (χ2n) is 12.6. The molecule has 4 aliphatic rings. The summed E-state index contributed by atoms with van der Waals surface area (Å²) in [6, 6.07) is 5.65. The second kappa shape index (κ2) is 8.86. The Morgan fingerprint density at radius 3 is 2.84 bits per heavy atom. The average molecular weight is 523 g/mol. The highest BCUT2D eigenvalue weighted by molar-refractivity contribution is 6.31. The van der Waals surface area contributed by atoms with Gasteiger partial charge in [-0.05, 0) is 86.8 Å². The van der Waals surface area contributed by atoms with Crippen LogP contribution in [-0.2, 0) is 16.0 Å². The molecule has 6 atom stereocenters. The van der Waals surface area contributed by atoms with E-state index in [1.54, 1.807) is 0 Å². The number of aromatic amines is 1. The molecule has 0 spiro atoms. The molecule has 1 saturated heterocycles. The summed E-state index contributed by atoms with van der Waals surface area (Å²) in [5, 5.41) is 3.94. The highest BCUT2D eigenvalue weighted by Crippen LogP contribution is 2.66. The largest absolute Gasteiger partial charge is 0.355 e. The third kappa shape index (κ3) is 3.85. The van der Waals surface area contributed by atoms with Crippen molar-refractivity contribution in [3.05, 3.63) is 40.3 Å². The van der Waals surface area contributed by atoms with Gasteiger partial charge >= 0.3 is 0 Å². The molecular weight excluding hydrogens is 484 g/mol. The molecule has 1 aliphatic heterocycles. The van der Waals surface area contributed by atoms with E-state index in [1.807, 2.05) is 30.1 Å². The van der Waals surface area contributed by atoms with Crippen LogP contribution in [0.4, 0.5) is 0 Å². The van der Waals surface area contributed by atoms with Crippen molar-refractivity contribution in [3.63, 3.8) is 0 Å². The molecule has 2 N–H and O–H groups in total. The highest BCUT2D eigenvalue weighted by atomic mass is 35.5. The number of hydrogen-bond donors (Lipinski definition) is 2. The maximum absolute atomic E-state index is 13.5. The normalized spacial score (nSPS) is 35.4. The Labute approximate surface area is 224 Å². The van der Waals surface area contributed by atoms with Crippen LogP contribution in [0.25, 0.3) is 11.0 Å². The first kappa shape index (κ1) is 25.0. The van der Waals surface area contributed by atoms with Gasteiger partial charge in [-0.25, -0.2) is 4.98 Å². The number of nitrogens with zero attached hydrogens (tertiary/aromatic N) is 2. The molecule has 1 aromatic carbocycles. The molecule has 1 unspecified atom stereocenters. The zero-order valence-corrected chi connectivity index (χ0v) is 23.3. The number of carbonyl (C=O) groups is 2. The van der Waals surface area contributed by atoms with Gasteiger partial charge in [0, 0.05) is 48.5 Å². The van der Waals surface area contributed by atoms with Gasteiger partial charge in [0.05, 0.1) is 11.0 Å². The molecule has 7 heteroatoms. The number of fused-ring (bicyclic) bond motifs is 6. The van der Waals surface area contributed by atoms with Crippen molar-refractivity contribution in [1.82, 2.24) is 20.2 Å². The lowest BCUT2D eigenvalue weighted by atomic mass is 9.48. The van der Waals surface area contributed by atoms with Crippen molar-refractivity contribution < 1.29 is 9.59 Å². The van der Waals surface area contributed by atoms with E-state index in [-0.39, 0.29) is 28.6 Å². The van der Waals surface area contributed by atoms with Gasteiger partial charge in [0.1, 0.15) is 5.82 Å². The number of halogens is 1. The number of piperidine rings is 1. The van der Waals surface area contributed by atoms with Crippen LogP contribution in [0.15, 0.2) is 29.5 Å². The van der Waals surface area contributed by atoms with Crippen molar-refractivity contribution in [2.45, 2.75) is 72.1 Å². The van der Waals surface area contributed by atoms with Gasteiger partial charge < -0.3 is 15.2 Å². The maximum atomic E-state index is 13.5. The number of nitrogens with one attached hydrogen (secondary N) is 2. The molecule has 6 rings (SSSR count). The van der Waals surface area contributed by atoms with E-state index >= 15 is 0 Å². The zero-order valence-electron chi connectivity index (χ0n) is 22.5. The summed E-state index contributed by atoms with van der Waals surface area (Å²) in [5.41, 5.74) is 4.65. The lowest BCUT2D eigenvalue weighted by Gasteiger charge is -2.59. The molecule has 2 aromatic rings. The number of rotatable bonds is 4. The molecule has 6 nitrogen and oxygen atoms in total. The monoisotopic (exact) mass is 522 g/mol. The smallest absolute Gasteiger partial charge is 0.226 e. The minimum Gasteiger partial charge on any atom is -0.355 e. The van der Waals surface area contributed by atoms with Crippen molar-refractivity contribution in [2.24, 2.45) is 34.5 Å². The summed E-state index contributed by atoms with van der Waals surface area (Å²) < 4.78 is 0. The van der Waals surface area contributed by atoms with Gasteiger partial charge in [-0.3, -0.25) is 9.59 Å². The van der Waals surface area contributed by atoms with E-state index in [0.717, 1.165) is 55.4 Å². The van der Waals surface area contributed by atoms with Gasteiger partial charge in [-0.2, -0.15) is 0 Å². The van der Waals surface area contributed by atoms with Crippen LogP contribution in [0.2, 0.25) is 5.02 Å². The van der Waals surface area contributed by atoms with Crippen molar-refractivity contribution in [2.75, 3.05) is 13.6 Å². The number of carbonyl (C=O) groups excluding carboxylic acids is 2. The predicted octanol–water partition coefficient (Wildman–Crippen LogP) is 5.87. The Hall–Kier alpha value is -2.34. The van der Waals surface area contributed by atoms with Crippen LogP contribution in [0.3, 0.4) is 0 Å². The molecule has 0 bridgehead atoms. The topological polar surface area (TPSA) is 78.1 Å². The van der Waals surface area contributed by atoms with Crippen LogP contribution in [0, 0.1) is 34.5 Å². The first-order valence-corrected chi connectivity index (χ1v) is 14.4. The van der Waals surface area contributed by atoms with Crippen LogP contribution in [0.5, 0.6) is 0 Å². The Morgan fingerprint density at radius 2 is 2.03 bits per heavy atom. The van der Waals surface area contributed by atoms with E-state index in [0.29, 0.717) is 42.2 Å². The summed E-state index contributed by atoms with van der Waals surface area (Å²) in [6.45, 7) is 7.64. The Balaban J connectivity index is 1.15. The minimum absolute atomic E-state index is 0.0475. The molecule has 1 aromatic heterocycles. The molecule has 198 valence electrons. The summed E-state index contributed by atoms with van der Waals surface area (Å²) in [6.07, 6.45) is 7.71. The van der Waals surface area contributed by atoms with Crippen LogP contribution < -0.4 is 5.32 Å². The maximum Gasteiger partial charge on any atom is 0.226 e. The fraction of sp³-hybridized carbons (Fsp3) is 0.633. The van der Waals surface area contributed by atoms with E-state index in [1.165, 1.54) is 11.3 Å². The standard InChI is InChI=1S/C30H39ClN4O2/c1-17-15-19-20-6-7-22(28(37)32-14-11-25-33-23-8-5-18(31)16-24(23)34-25)29(20,2)12-9-21(19)30(3)13-10-26(36)35(4)27(17)30/h5,8,16,19-22H,6-7,9-15H2,1-4H3,(H,32,37)(H,33,34)/t19-,20-,21+,22?,29-,30+/m0/s1. The SMILES string of the molecule is CC1=C2N(C)C(=O)CC[C@]2(C)[C@@H]2CC[C@]3(C)C(C(=O)NCCc4nc5ccc(Cl)cc5[nH]4)CC[C@H]3[C@@H]2C1. The Bertz CT molecular complexity index is 1300. The lowest BCUT2D eigenvalue weighted by molar-refractivity contribution is -0.138. The number of amides is 2. The van der Waals surface area contributed by atoms with E-state index in [9.17, 15) is 9.59 Å². The number of benzene rings is 1. The van der Waals surface area contributed by atoms with Gasteiger partial charge in [-0.15, -0.1) is 0 Å². The number of allylic oxidation sites excluding steroid dienone is 2. The minimum atomic E-state index is 0.0475. The fourth-order valence-corrected chi connectivity index (χ4v) is 9.29. The lowest BCUT2D eigenvalue weighted by Crippen LogP contribution is -2.55. The quantitative estimate of drug-likeness (QED) is 0.527. The van der Waals surface area contributed by atoms with Gasteiger partial charge in [-0.1, -0.05) is 31.0 Å². The molecular formula is C30H39ClN4O2. The summed E-state index contributed by atoms with van der Waals surface area (Å²) >= 11 is 6.10. The average Bonchev–Trinajstić information content (AvgIpc) is 3.41. The summed E-state index contributed by atoms with van der Waals surface area (Å²) in [4.78, 5) is 35.9. The van der Waals surface area contributed by atoms with E-state index in [2.05, 4.69) is 36.1 Å². The van der Waals surface area contributed by atoms with Gasteiger partial charge in [0.25, 0.3) is 0 Å². The van der Waals surface area contributed by atoms with Crippen molar-refractivity contribution in [3.8, 4) is 0 Å². The summed E-state index contributed by atoms with van der Waals surface area (Å²) in [5.74, 6) is 3.19. The molecule has 37 heavy (non-hydrogen) atoms. The van der Waals surface area contributed by atoms with Crippen molar-refractivity contribution in [1.29, 1.82) is 0 Å². The Morgan fingerprint density at radius 1 is 1.22 bits per heavy atom. The predicted molar refractivity (Wildman–Crippen MR) is 146 cm³/mol. The zero-order chi connectivity index (χ0) is 26.1. The number of aromatic nitrogens is 2. The van der Waals surface area contributed by atoms with Crippen LogP contribution in [-0.4, -0.2) is 40.3 Å². The number of imidazole rings is 1. The third-order valence-corrected chi connectivity index (χ3v) is 11.0. The highest BCUT2D eigenvalue weighted by Gasteiger charge is 2.61. The first-order valence-electron chi connectivity index (χ1n) is 14.0. The fourth-order valence-electron chi connectivity index (χ4n) is 9.12. The Kier molecular flexibility index (Phi) is 5.98. The molecule has 2 saturated carbocycles. The third-order valence-electron chi connectivity index (χ3n) is 10.8. The van der Waals surface area contributed by atoms with Crippen molar-refractivity contribution >= 4 is 34.4 Å². The second-order valence-corrected chi connectivity index (χ2v) is 13.1. The van der Waals surface area contributed by atoms with Gasteiger partial charge in [0.15, 0.2) is 0 Å². The first-order chi connectivity index (χ1) is 17.6. The number of hydrogen-bond acceptors (Lipinski definition) is 3. The van der Waals surface area contributed by atoms with E-state index in [4.69, 9.17) is 11.6 Å². The number of H-pyrrole nitrogens is 1. The number of likely N-dealkylation sites (tertiary alicyclic amines) is 1. The molecule has 0 radical (unpaired) electrons. The van der Waals surface area contributed by atoms with E-state index < -0.39 is 0 Å².